The summed E-state index contributed by atoms with van der Waals surface area (Å²) in [4.78, 5) is 7.41. The molecule has 1 aliphatic heterocycles. The first-order chi connectivity index (χ1) is 13.0. The van der Waals surface area contributed by atoms with Crippen molar-refractivity contribution in [2.75, 3.05) is 32.1 Å². The number of hydrogen-bond donors (Lipinski definition) is 1. The Labute approximate surface area is 163 Å². The third-order valence-corrected chi connectivity index (χ3v) is 5.99. The monoisotopic (exact) mass is 367 g/mol. The molecular weight excluding hydrogens is 334 g/mol. The Bertz CT molecular complexity index is 830. The van der Waals surface area contributed by atoms with E-state index >= 15 is 0 Å². The van der Waals surface area contributed by atoms with E-state index in [2.05, 4.69) is 50.2 Å². The van der Waals surface area contributed by atoms with E-state index in [1.165, 1.54) is 47.9 Å². The molecule has 2 heterocycles. The number of likely N-dealkylation sites (tertiary alicyclic amines) is 1. The number of nitrogens with one attached hydrogen (secondary N) is 1. The van der Waals surface area contributed by atoms with Crippen LogP contribution in [-0.2, 0) is 12.8 Å². The molecule has 0 radical (unpaired) electrons. The highest BCUT2D eigenvalue weighted by Gasteiger charge is 2.22. The molecule has 1 aliphatic carbocycles. The minimum atomic E-state index is 0.390. The average molecular weight is 368 g/mol. The summed E-state index contributed by atoms with van der Waals surface area (Å²) in [6.45, 7) is 9.67. The minimum Gasteiger partial charge on any atom is -0.493 e. The zero-order valence-corrected chi connectivity index (χ0v) is 17.3. The van der Waals surface area contributed by atoms with Crippen molar-refractivity contribution in [2.24, 2.45) is 5.92 Å². The molecule has 2 aliphatic rings. The van der Waals surface area contributed by atoms with E-state index in [9.17, 15) is 0 Å². The fraction of sp³-hybridized carbons (Fsp3) is 0.609. The lowest BCUT2D eigenvalue weighted by Crippen LogP contribution is -2.18. The van der Waals surface area contributed by atoms with E-state index in [1.807, 2.05) is 0 Å². The van der Waals surface area contributed by atoms with Crippen LogP contribution in [-0.4, -0.2) is 42.7 Å². The summed E-state index contributed by atoms with van der Waals surface area (Å²) < 4.78 is 6.26. The van der Waals surface area contributed by atoms with Crippen molar-refractivity contribution in [3.05, 3.63) is 28.8 Å². The van der Waals surface area contributed by atoms with Gasteiger partial charge in [-0.25, -0.2) is 4.98 Å². The summed E-state index contributed by atoms with van der Waals surface area (Å²) in [6.07, 6.45) is 6.08. The molecule has 1 atom stereocenters. The predicted octanol–water partition coefficient (Wildman–Crippen LogP) is 4.57. The Balaban J connectivity index is 1.67. The Morgan fingerprint density at radius 1 is 1.22 bits per heavy atom. The number of fused-ring (bicyclic) bond motifs is 3. The molecule has 0 amide bonds. The lowest BCUT2D eigenvalue weighted by Gasteiger charge is -2.23. The number of hydrogen-bond acceptors (Lipinski definition) is 4. The second-order valence-electron chi connectivity index (χ2n) is 8.79. The molecular formula is C23H33N3O. The van der Waals surface area contributed by atoms with Crippen LogP contribution in [0.15, 0.2) is 12.1 Å². The number of benzene rings is 1. The lowest BCUT2D eigenvalue weighted by atomic mass is 9.88. The van der Waals surface area contributed by atoms with Gasteiger partial charge in [0.25, 0.3) is 0 Å². The zero-order valence-electron chi connectivity index (χ0n) is 17.3. The van der Waals surface area contributed by atoms with Crippen molar-refractivity contribution in [1.29, 1.82) is 0 Å². The third-order valence-electron chi connectivity index (χ3n) is 5.99. The number of anilines is 1. The van der Waals surface area contributed by atoms with Crippen molar-refractivity contribution in [1.82, 2.24) is 9.88 Å². The van der Waals surface area contributed by atoms with Crippen LogP contribution in [0.3, 0.4) is 0 Å². The van der Waals surface area contributed by atoms with Gasteiger partial charge in [0.1, 0.15) is 11.6 Å². The van der Waals surface area contributed by atoms with Gasteiger partial charge in [-0.15, -0.1) is 0 Å². The second kappa shape index (κ2) is 7.67. The zero-order chi connectivity index (χ0) is 19.0. The maximum Gasteiger partial charge on any atom is 0.130 e. The number of nitrogens with zero attached hydrogens (tertiary/aromatic N) is 2. The van der Waals surface area contributed by atoms with Gasteiger partial charge in [0, 0.05) is 30.0 Å². The number of aromatic nitrogens is 1. The number of ether oxygens (including phenoxy) is 1. The van der Waals surface area contributed by atoms with Crippen molar-refractivity contribution in [2.45, 2.75) is 58.9 Å². The fourth-order valence-corrected chi connectivity index (χ4v) is 4.58. The van der Waals surface area contributed by atoms with Crippen molar-refractivity contribution < 1.29 is 4.74 Å². The van der Waals surface area contributed by atoms with Gasteiger partial charge in [-0.05, 0) is 89.2 Å². The average Bonchev–Trinajstić information content (AvgIpc) is 3.06. The number of aryl methyl sites for hydroxylation is 2. The molecule has 1 unspecified atom stereocenters. The highest BCUT2D eigenvalue weighted by atomic mass is 16.5. The minimum absolute atomic E-state index is 0.390. The SMILES string of the molecule is Cc1cc2c3c(c(NC(C)C)nc2cc1OCC1CCN(C)C1)CCCC3. The van der Waals surface area contributed by atoms with Crippen LogP contribution >= 0.6 is 0 Å². The summed E-state index contributed by atoms with van der Waals surface area (Å²) in [5.74, 6) is 2.72. The first-order valence-electron chi connectivity index (χ1n) is 10.5. The Hall–Kier alpha value is -1.81. The smallest absolute Gasteiger partial charge is 0.130 e. The van der Waals surface area contributed by atoms with Gasteiger partial charge in [-0.1, -0.05) is 0 Å². The van der Waals surface area contributed by atoms with Crippen molar-refractivity contribution in [3.8, 4) is 5.75 Å². The largest absolute Gasteiger partial charge is 0.493 e. The molecule has 1 aromatic heterocycles. The van der Waals surface area contributed by atoms with Crippen LogP contribution in [0.5, 0.6) is 5.75 Å². The lowest BCUT2D eigenvalue weighted by molar-refractivity contribution is 0.248. The first-order valence-corrected chi connectivity index (χ1v) is 10.5. The number of rotatable bonds is 5. The molecule has 27 heavy (non-hydrogen) atoms. The summed E-state index contributed by atoms with van der Waals surface area (Å²) >= 11 is 0. The normalized spacial score (nSPS) is 20.3. The van der Waals surface area contributed by atoms with E-state index in [-0.39, 0.29) is 0 Å². The van der Waals surface area contributed by atoms with E-state index in [4.69, 9.17) is 9.72 Å². The van der Waals surface area contributed by atoms with Crippen molar-refractivity contribution in [3.63, 3.8) is 0 Å². The molecule has 0 bridgehead atoms. The summed E-state index contributed by atoms with van der Waals surface area (Å²) in [7, 11) is 2.19. The van der Waals surface area contributed by atoms with Gasteiger partial charge in [0.15, 0.2) is 0 Å². The molecule has 1 fully saturated rings. The van der Waals surface area contributed by atoms with E-state index in [0.717, 1.165) is 43.1 Å². The van der Waals surface area contributed by atoms with Gasteiger partial charge in [0.05, 0.1) is 12.1 Å². The van der Waals surface area contributed by atoms with Gasteiger partial charge in [0.2, 0.25) is 0 Å². The molecule has 2 aromatic rings. The molecule has 4 heteroatoms. The van der Waals surface area contributed by atoms with E-state index in [0.29, 0.717) is 12.0 Å². The molecule has 1 saturated heterocycles. The number of pyridine rings is 1. The van der Waals surface area contributed by atoms with Gasteiger partial charge in [-0.2, -0.15) is 0 Å². The Morgan fingerprint density at radius 2 is 2.00 bits per heavy atom. The standard InChI is InChI=1S/C23H33N3O/c1-15(2)24-23-19-8-6-5-7-18(19)20-11-16(3)22(12-21(20)25-23)27-14-17-9-10-26(4)13-17/h11-12,15,17H,5-10,13-14H2,1-4H3,(H,24,25). The van der Waals surface area contributed by atoms with Gasteiger partial charge in [-0.3, -0.25) is 0 Å². The van der Waals surface area contributed by atoms with Crippen LogP contribution in [0.1, 0.15) is 49.8 Å². The summed E-state index contributed by atoms with van der Waals surface area (Å²) in [5, 5.41) is 4.91. The summed E-state index contributed by atoms with van der Waals surface area (Å²) in [6, 6.07) is 4.87. The first kappa shape index (κ1) is 18.5. The Kier molecular flexibility index (Phi) is 5.27. The second-order valence-corrected chi connectivity index (χ2v) is 8.79. The molecule has 146 valence electrons. The van der Waals surface area contributed by atoms with Gasteiger partial charge >= 0.3 is 0 Å². The van der Waals surface area contributed by atoms with Crippen LogP contribution in [0.25, 0.3) is 10.9 Å². The maximum absolute atomic E-state index is 6.26. The molecule has 1 N–H and O–H groups in total. The van der Waals surface area contributed by atoms with E-state index in [1.54, 1.807) is 0 Å². The topological polar surface area (TPSA) is 37.4 Å². The predicted molar refractivity (Wildman–Crippen MR) is 113 cm³/mol. The highest BCUT2D eigenvalue weighted by Crippen LogP contribution is 2.36. The van der Waals surface area contributed by atoms with Crippen LogP contribution in [0.4, 0.5) is 5.82 Å². The molecule has 0 saturated carbocycles. The fourth-order valence-electron chi connectivity index (χ4n) is 4.58. The maximum atomic E-state index is 6.26. The molecule has 1 aromatic carbocycles. The molecule has 0 spiro atoms. The van der Waals surface area contributed by atoms with Crippen LogP contribution < -0.4 is 10.1 Å². The van der Waals surface area contributed by atoms with E-state index < -0.39 is 0 Å². The highest BCUT2D eigenvalue weighted by molar-refractivity contribution is 5.88. The third kappa shape index (κ3) is 3.91. The van der Waals surface area contributed by atoms with Crippen LogP contribution in [0, 0.1) is 12.8 Å². The molecule has 4 rings (SSSR count). The quantitative estimate of drug-likeness (QED) is 0.840. The summed E-state index contributed by atoms with van der Waals surface area (Å²) in [5.41, 5.74) is 5.24. The molecule has 4 nitrogen and oxygen atoms in total. The van der Waals surface area contributed by atoms with Crippen molar-refractivity contribution >= 4 is 16.7 Å². The van der Waals surface area contributed by atoms with Gasteiger partial charge < -0.3 is 15.0 Å². The van der Waals surface area contributed by atoms with Crippen LogP contribution in [0.2, 0.25) is 0 Å². The Morgan fingerprint density at radius 3 is 2.70 bits per heavy atom.